The van der Waals surface area contributed by atoms with Crippen LogP contribution in [0.4, 0.5) is 13.2 Å². The second-order valence-electron chi connectivity index (χ2n) is 6.00. The van der Waals surface area contributed by atoms with Crippen LogP contribution in [0.3, 0.4) is 0 Å². The maximum Gasteiger partial charge on any atom is 0.356 e. The quantitative estimate of drug-likeness (QED) is 0.727. The molecular formula is C17H14F3N3O2. The van der Waals surface area contributed by atoms with Crippen LogP contribution in [0, 0.1) is 24.4 Å². The van der Waals surface area contributed by atoms with Crippen LogP contribution in [0.15, 0.2) is 18.3 Å². The molecule has 0 aliphatic rings. The molecule has 0 atom stereocenters. The molecule has 0 aliphatic heterocycles. The molecule has 0 spiro atoms. The van der Waals surface area contributed by atoms with Gasteiger partial charge in [-0.1, -0.05) is 13.8 Å². The Bertz CT molecular complexity index is 1010. The van der Waals surface area contributed by atoms with E-state index in [1.54, 1.807) is 20.8 Å². The summed E-state index contributed by atoms with van der Waals surface area (Å²) in [6, 6.07) is 1.29. The van der Waals surface area contributed by atoms with Crippen molar-refractivity contribution >= 4 is 11.6 Å². The van der Waals surface area contributed by atoms with Gasteiger partial charge in [0.2, 0.25) is 0 Å². The van der Waals surface area contributed by atoms with Crippen molar-refractivity contribution in [2.45, 2.75) is 26.7 Å². The molecule has 0 fully saturated rings. The molecule has 5 nitrogen and oxygen atoms in total. The SMILES string of the molecule is Cc1cnc2c(C(C)C)c(C(=O)O)nn2c1-c1cc(F)cc(F)c1F. The van der Waals surface area contributed by atoms with Gasteiger partial charge in [-0.05, 0) is 24.5 Å². The van der Waals surface area contributed by atoms with E-state index in [0.29, 0.717) is 17.2 Å². The minimum Gasteiger partial charge on any atom is -0.476 e. The van der Waals surface area contributed by atoms with E-state index in [-0.39, 0.29) is 28.5 Å². The van der Waals surface area contributed by atoms with E-state index in [9.17, 15) is 23.1 Å². The summed E-state index contributed by atoms with van der Waals surface area (Å²) >= 11 is 0. The third-order valence-electron chi connectivity index (χ3n) is 3.89. The second-order valence-corrected chi connectivity index (χ2v) is 6.00. The van der Waals surface area contributed by atoms with Gasteiger partial charge in [0.15, 0.2) is 23.0 Å². The van der Waals surface area contributed by atoms with Gasteiger partial charge in [-0.25, -0.2) is 27.5 Å². The number of nitrogens with zero attached hydrogens (tertiary/aromatic N) is 3. The molecule has 0 saturated heterocycles. The molecule has 8 heteroatoms. The van der Waals surface area contributed by atoms with Crippen molar-refractivity contribution in [1.29, 1.82) is 0 Å². The molecule has 25 heavy (non-hydrogen) atoms. The average molecular weight is 349 g/mol. The Hall–Kier alpha value is -2.90. The lowest BCUT2D eigenvalue weighted by molar-refractivity contribution is 0.0688. The molecule has 3 rings (SSSR count). The summed E-state index contributed by atoms with van der Waals surface area (Å²) in [6.07, 6.45) is 1.39. The van der Waals surface area contributed by atoms with Gasteiger partial charge in [0.05, 0.1) is 5.69 Å². The van der Waals surface area contributed by atoms with Gasteiger partial charge in [0, 0.05) is 23.4 Å². The van der Waals surface area contributed by atoms with Crippen molar-refractivity contribution in [1.82, 2.24) is 14.6 Å². The van der Waals surface area contributed by atoms with Crippen LogP contribution in [0.2, 0.25) is 0 Å². The Morgan fingerprint density at radius 3 is 2.52 bits per heavy atom. The highest BCUT2D eigenvalue weighted by molar-refractivity contribution is 5.90. The van der Waals surface area contributed by atoms with Crippen molar-refractivity contribution in [3.63, 3.8) is 0 Å². The zero-order valence-electron chi connectivity index (χ0n) is 13.6. The van der Waals surface area contributed by atoms with Crippen molar-refractivity contribution < 1.29 is 23.1 Å². The predicted octanol–water partition coefficient (Wildman–Crippen LogP) is 3.94. The number of rotatable bonds is 3. The number of carboxylic acid groups (broad SMARTS) is 1. The molecule has 0 radical (unpaired) electrons. The minimum absolute atomic E-state index is 0.0512. The predicted molar refractivity (Wildman–Crippen MR) is 84.1 cm³/mol. The van der Waals surface area contributed by atoms with Crippen LogP contribution < -0.4 is 0 Å². The van der Waals surface area contributed by atoms with Crippen LogP contribution >= 0.6 is 0 Å². The fraction of sp³-hybridized carbons (Fsp3) is 0.235. The van der Waals surface area contributed by atoms with E-state index >= 15 is 0 Å². The Morgan fingerprint density at radius 2 is 1.92 bits per heavy atom. The van der Waals surface area contributed by atoms with Crippen LogP contribution in [-0.2, 0) is 0 Å². The first-order chi connectivity index (χ1) is 11.7. The molecule has 0 amide bonds. The summed E-state index contributed by atoms with van der Waals surface area (Å²) in [5.74, 6) is -5.01. The zero-order chi connectivity index (χ0) is 18.5. The molecule has 2 aromatic heterocycles. The van der Waals surface area contributed by atoms with Crippen LogP contribution in [0.1, 0.15) is 41.4 Å². The van der Waals surface area contributed by atoms with Crippen molar-refractivity contribution in [3.8, 4) is 11.3 Å². The van der Waals surface area contributed by atoms with Gasteiger partial charge in [0.25, 0.3) is 0 Å². The monoisotopic (exact) mass is 349 g/mol. The highest BCUT2D eigenvalue weighted by Crippen LogP contribution is 2.32. The summed E-state index contributed by atoms with van der Waals surface area (Å²) in [5, 5.41) is 13.4. The number of fused-ring (bicyclic) bond motifs is 1. The molecule has 130 valence electrons. The van der Waals surface area contributed by atoms with E-state index in [2.05, 4.69) is 10.1 Å². The summed E-state index contributed by atoms with van der Waals surface area (Å²) in [6.45, 7) is 5.11. The molecule has 1 N–H and O–H groups in total. The van der Waals surface area contributed by atoms with Crippen LogP contribution in [0.25, 0.3) is 16.9 Å². The number of halogens is 3. The Labute approximate surface area is 140 Å². The van der Waals surface area contributed by atoms with E-state index in [4.69, 9.17) is 0 Å². The van der Waals surface area contributed by atoms with Gasteiger partial charge < -0.3 is 5.11 Å². The van der Waals surface area contributed by atoms with Crippen LogP contribution in [-0.4, -0.2) is 25.7 Å². The minimum atomic E-state index is -1.34. The highest BCUT2D eigenvalue weighted by Gasteiger charge is 2.26. The van der Waals surface area contributed by atoms with Crippen molar-refractivity contribution in [2.75, 3.05) is 0 Å². The van der Waals surface area contributed by atoms with E-state index in [1.807, 2.05) is 0 Å². The lowest BCUT2D eigenvalue weighted by Crippen LogP contribution is -2.04. The Kier molecular flexibility index (Phi) is 3.98. The summed E-state index contributed by atoms with van der Waals surface area (Å²) in [5.41, 5.74) is 0.438. The largest absolute Gasteiger partial charge is 0.476 e. The number of carboxylic acids is 1. The summed E-state index contributed by atoms with van der Waals surface area (Å²) < 4.78 is 42.7. The third kappa shape index (κ3) is 2.63. The number of carbonyl (C=O) groups is 1. The van der Waals surface area contributed by atoms with Crippen molar-refractivity contribution in [3.05, 3.63) is 52.6 Å². The maximum absolute atomic E-state index is 14.3. The topological polar surface area (TPSA) is 67.5 Å². The summed E-state index contributed by atoms with van der Waals surface area (Å²) in [7, 11) is 0. The number of benzene rings is 1. The van der Waals surface area contributed by atoms with Gasteiger partial charge in [0.1, 0.15) is 5.82 Å². The lowest BCUT2D eigenvalue weighted by Gasteiger charge is -2.11. The van der Waals surface area contributed by atoms with Gasteiger partial charge in [-0.3, -0.25) is 0 Å². The molecular weight excluding hydrogens is 335 g/mol. The average Bonchev–Trinajstić information content (AvgIpc) is 2.91. The number of aromatic nitrogens is 3. The molecule has 0 unspecified atom stereocenters. The van der Waals surface area contributed by atoms with E-state index in [0.717, 1.165) is 10.6 Å². The zero-order valence-corrected chi connectivity index (χ0v) is 13.6. The molecule has 3 aromatic rings. The first kappa shape index (κ1) is 16.9. The lowest BCUT2D eigenvalue weighted by atomic mass is 10.0. The maximum atomic E-state index is 14.3. The Balaban J connectivity index is 2.47. The van der Waals surface area contributed by atoms with E-state index < -0.39 is 23.4 Å². The fourth-order valence-corrected chi connectivity index (χ4v) is 2.83. The van der Waals surface area contributed by atoms with E-state index in [1.165, 1.54) is 6.20 Å². The first-order valence-electron chi connectivity index (χ1n) is 7.48. The third-order valence-corrected chi connectivity index (χ3v) is 3.89. The number of hydrogen-bond donors (Lipinski definition) is 1. The van der Waals surface area contributed by atoms with Crippen LogP contribution in [0.5, 0.6) is 0 Å². The molecule has 0 bridgehead atoms. The Morgan fingerprint density at radius 1 is 1.24 bits per heavy atom. The molecule has 2 heterocycles. The number of aromatic carboxylic acids is 1. The number of hydrogen-bond acceptors (Lipinski definition) is 3. The number of aryl methyl sites for hydroxylation is 1. The van der Waals surface area contributed by atoms with Gasteiger partial charge >= 0.3 is 5.97 Å². The molecule has 0 saturated carbocycles. The molecule has 1 aromatic carbocycles. The second kappa shape index (κ2) is 5.87. The standard InChI is InChI=1S/C17H14F3N3O2/c1-7(2)12-14(17(24)25)22-23-15(8(3)6-21-16(12)23)10-4-9(18)5-11(19)13(10)20/h4-7H,1-3H3,(H,24,25). The summed E-state index contributed by atoms with van der Waals surface area (Å²) in [4.78, 5) is 15.7. The fourth-order valence-electron chi connectivity index (χ4n) is 2.83. The van der Waals surface area contributed by atoms with Crippen molar-refractivity contribution in [2.24, 2.45) is 0 Å². The first-order valence-corrected chi connectivity index (χ1v) is 7.48. The molecule has 0 aliphatic carbocycles. The normalized spacial score (nSPS) is 11.5. The van der Waals surface area contributed by atoms with Gasteiger partial charge in [-0.15, -0.1) is 0 Å². The van der Waals surface area contributed by atoms with Gasteiger partial charge in [-0.2, -0.15) is 5.10 Å². The highest BCUT2D eigenvalue weighted by atomic mass is 19.2. The smallest absolute Gasteiger partial charge is 0.356 e.